The van der Waals surface area contributed by atoms with Crippen molar-refractivity contribution in [1.82, 2.24) is 10.0 Å². The van der Waals surface area contributed by atoms with Crippen LogP contribution in [-0.4, -0.2) is 48.9 Å². The lowest BCUT2D eigenvalue weighted by Crippen LogP contribution is -2.33. The van der Waals surface area contributed by atoms with Gasteiger partial charge in [-0.1, -0.05) is 11.6 Å². The molecule has 0 spiro atoms. The predicted octanol–water partition coefficient (Wildman–Crippen LogP) is 1.28. The van der Waals surface area contributed by atoms with Gasteiger partial charge in [0.15, 0.2) is 0 Å². The Kier molecular flexibility index (Phi) is 9.93. The molecule has 0 radical (unpaired) electrons. The van der Waals surface area contributed by atoms with Crippen LogP contribution in [0.5, 0.6) is 5.75 Å². The lowest BCUT2D eigenvalue weighted by atomic mass is 10.3. The Morgan fingerprint density at radius 2 is 1.90 bits per heavy atom. The van der Waals surface area contributed by atoms with Gasteiger partial charge in [0.1, 0.15) is 5.75 Å². The highest BCUT2D eigenvalue weighted by molar-refractivity contribution is 7.89. The third kappa shape index (κ3) is 6.82. The van der Waals surface area contributed by atoms with Gasteiger partial charge in [0.2, 0.25) is 10.0 Å². The molecule has 0 bridgehead atoms. The highest BCUT2D eigenvalue weighted by Crippen LogP contribution is 2.26. The molecule has 6 nitrogen and oxygen atoms in total. The molecule has 122 valence electrons. The molecule has 1 rings (SSSR count). The number of benzene rings is 1. The molecule has 0 atom stereocenters. The lowest BCUT2D eigenvalue weighted by molar-refractivity contribution is 0.199. The van der Waals surface area contributed by atoms with Gasteiger partial charge in [-0.25, -0.2) is 13.1 Å². The van der Waals surface area contributed by atoms with Gasteiger partial charge < -0.3 is 14.8 Å². The Morgan fingerprint density at radius 1 is 1.19 bits per heavy atom. The van der Waals surface area contributed by atoms with Crippen LogP contribution in [0.15, 0.2) is 23.1 Å². The number of sulfonamides is 1. The quantitative estimate of drug-likeness (QED) is 0.650. The summed E-state index contributed by atoms with van der Waals surface area (Å²) in [6.07, 6.45) is 0. The van der Waals surface area contributed by atoms with Crippen LogP contribution in [0.3, 0.4) is 0 Å². The Labute approximate surface area is 136 Å². The van der Waals surface area contributed by atoms with E-state index in [1.54, 1.807) is 7.11 Å². The van der Waals surface area contributed by atoms with Crippen LogP contribution in [0.4, 0.5) is 0 Å². The monoisotopic (exact) mass is 358 g/mol. The van der Waals surface area contributed by atoms with Gasteiger partial charge in [-0.2, -0.15) is 0 Å². The third-order valence-electron chi connectivity index (χ3n) is 2.51. The molecule has 0 saturated heterocycles. The molecule has 0 aliphatic carbocycles. The molecule has 0 aliphatic heterocycles. The third-order valence-corrected chi connectivity index (χ3v) is 4.26. The van der Waals surface area contributed by atoms with Gasteiger partial charge in [-0.05, 0) is 18.2 Å². The normalized spacial score (nSPS) is 11.0. The number of methoxy groups -OCH3 is 2. The first-order valence-electron chi connectivity index (χ1n) is 6.04. The summed E-state index contributed by atoms with van der Waals surface area (Å²) in [6.45, 7) is 2.07. The second-order valence-electron chi connectivity index (χ2n) is 3.94. The molecular formula is C12H20Cl2N2O4S. The van der Waals surface area contributed by atoms with Crippen molar-refractivity contribution in [1.29, 1.82) is 0 Å². The van der Waals surface area contributed by atoms with E-state index in [0.717, 1.165) is 0 Å². The van der Waals surface area contributed by atoms with E-state index in [2.05, 4.69) is 10.0 Å². The van der Waals surface area contributed by atoms with Crippen LogP contribution in [0.2, 0.25) is 5.02 Å². The Balaban J connectivity index is 0.00000400. The smallest absolute Gasteiger partial charge is 0.240 e. The number of hydrogen-bond acceptors (Lipinski definition) is 5. The van der Waals surface area contributed by atoms with Crippen molar-refractivity contribution >= 4 is 34.0 Å². The SMILES string of the molecule is COCCNCCNS(=O)(=O)c1ccc(OC)c(Cl)c1.Cl. The van der Waals surface area contributed by atoms with E-state index < -0.39 is 10.0 Å². The Morgan fingerprint density at radius 3 is 2.48 bits per heavy atom. The van der Waals surface area contributed by atoms with Crippen LogP contribution in [-0.2, 0) is 14.8 Å². The molecule has 1 aromatic rings. The zero-order valence-corrected chi connectivity index (χ0v) is 14.3. The average Bonchev–Trinajstić information content (AvgIpc) is 2.42. The molecule has 2 N–H and O–H groups in total. The number of ether oxygens (including phenoxy) is 2. The minimum Gasteiger partial charge on any atom is -0.495 e. The molecule has 0 unspecified atom stereocenters. The molecule has 1 aromatic carbocycles. The summed E-state index contributed by atoms with van der Waals surface area (Å²) < 4.78 is 36.4. The molecule has 0 saturated carbocycles. The van der Waals surface area contributed by atoms with Gasteiger partial charge >= 0.3 is 0 Å². The predicted molar refractivity (Wildman–Crippen MR) is 85.2 cm³/mol. The van der Waals surface area contributed by atoms with E-state index in [-0.39, 0.29) is 28.9 Å². The number of rotatable bonds is 9. The summed E-state index contributed by atoms with van der Waals surface area (Å²) in [5.41, 5.74) is 0. The van der Waals surface area contributed by atoms with E-state index >= 15 is 0 Å². The van der Waals surface area contributed by atoms with E-state index in [1.807, 2.05) is 0 Å². The molecule has 0 amide bonds. The van der Waals surface area contributed by atoms with Crippen molar-refractivity contribution in [3.8, 4) is 5.75 Å². The van der Waals surface area contributed by atoms with Crippen LogP contribution >= 0.6 is 24.0 Å². The van der Waals surface area contributed by atoms with Gasteiger partial charge in [0.05, 0.1) is 23.6 Å². The second kappa shape index (κ2) is 10.2. The van der Waals surface area contributed by atoms with Crippen LogP contribution < -0.4 is 14.8 Å². The second-order valence-corrected chi connectivity index (χ2v) is 6.11. The molecule has 0 heterocycles. The van der Waals surface area contributed by atoms with E-state index in [9.17, 15) is 8.42 Å². The number of hydrogen-bond donors (Lipinski definition) is 2. The largest absolute Gasteiger partial charge is 0.495 e. The zero-order chi connectivity index (χ0) is 15.0. The van der Waals surface area contributed by atoms with Gasteiger partial charge in [0.25, 0.3) is 0 Å². The summed E-state index contributed by atoms with van der Waals surface area (Å²) in [7, 11) is -0.481. The van der Waals surface area contributed by atoms with Crippen LogP contribution in [0, 0.1) is 0 Å². The summed E-state index contributed by atoms with van der Waals surface area (Å²) in [6, 6.07) is 4.33. The Bertz CT molecular complexity index is 526. The summed E-state index contributed by atoms with van der Waals surface area (Å²) in [5, 5.41) is 3.30. The summed E-state index contributed by atoms with van der Waals surface area (Å²) >= 11 is 5.91. The summed E-state index contributed by atoms with van der Waals surface area (Å²) in [4.78, 5) is 0.111. The van der Waals surface area contributed by atoms with Gasteiger partial charge in [-0.15, -0.1) is 12.4 Å². The van der Waals surface area contributed by atoms with E-state index in [0.29, 0.717) is 25.4 Å². The van der Waals surface area contributed by atoms with Crippen molar-refractivity contribution in [2.45, 2.75) is 4.90 Å². The molecule has 21 heavy (non-hydrogen) atoms. The minimum atomic E-state index is -3.56. The lowest BCUT2D eigenvalue weighted by Gasteiger charge is -2.09. The minimum absolute atomic E-state index is 0. The topological polar surface area (TPSA) is 76.7 Å². The number of nitrogens with one attached hydrogen (secondary N) is 2. The van der Waals surface area contributed by atoms with Crippen LogP contribution in [0.25, 0.3) is 0 Å². The summed E-state index contributed by atoms with van der Waals surface area (Å²) in [5.74, 6) is 0.437. The standard InChI is InChI=1S/C12H19ClN2O4S.ClH/c1-18-8-7-14-5-6-15-20(16,17)10-3-4-12(19-2)11(13)9-10;/h3-4,9,14-15H,5-8H2,1-2H3;1H. The van der Waals surface area contributed by atoms with Crippen molar-refractivity contribution in [3.05, 3.63) is 23.2 Å². The van der Waals surface area contributed by atoms with Crippen molar-refractivity contribution in [2.24, 2.45) is 0 Å². The first kappa shape index (κ1) is 20.4. The van der Waals surface area contributed by atoms with E-state index in [4.69, 9.17) is 21.1 Å². The highest BCUT2D eigenvalue weighted by atomic mass is 35.5. The molecule has 0 aromatic heterocycles. The fraction of sp³-hybridized carbons (Fsp3) is 0.500. The Hall–Kier alpha value is -0.570. The molecular weight excluding hydrogens is 339 g/mol. The first-order chi connectivity index (χ1) is 9.51. The fourth-order valence-corrected chi connectivity index (χ4v) is 2.85. The van der Waals surface area contributed by atoms with Crippen LogP contribution in [0.1, 0.15) is 0 Å². The molecule has 0 fully saturated rings. The van der Waals surface area contributed by atoms with Crippen molar-refractivity contribution < 1.29 is 17.9 Å². The fourth-order valence-electron chi connectivity index (χ4n) is 1.47. The van der Waals surface area contributed by atoms with E-state index in [1.165, 1.54) is 25.3 Å². The first-order valence-corrected chi connectivity index (χ1v) is 7.90. The van der Waals surface area contributed by atoms with Gasteiger partial charge in [-0.3, -0.25) is 0 Å². The van der Waals surface area contributed by atoms with Crippen molar-refractivity contribution in [2.75, 3.05) is 40.5 Å². The highest BCUT2D eigenvalue weighted by Gasteiger charge is 2.15. The molecule has 0 aliphatic rings. The maximum Gasteiger partial charge on any atom is 0.240 e. The number of halogens is 2. The zero-order valence-electron chi connectivity index (χ0n) is 11.9. The molecule has 9 heteroatoms. The van der Waals surface area contributed by atoms with Crippen molar-refractivity contribution in [3.63, 3.8) is 0 Å². The average molecular weight is 359 g/mol. The maximum absolute atomic E-state index is 12.0. The maximum atomic E-state index is 12.0. The van der Waals surface area contributed by atoms with Gasteiger partial charge in [0, 0.05) is 26.7 Å².